The van der Waals surface area contributed by atoms with E-state index in [0.29, 0.717) is 5.69 Å². The molecular formula is C25H23N5O3S. The number of hydrazine groups is 1. The van der Waals surface area contributed by atoms with Gasteiger partial charge in [0.15, 0.2) is 5.11 Å². The molecule has 1 aromatic heterocycles. The van der Waals surface area contributed by atoms with Crippen LogP contribution in [0.25, 0.3) is 0 Å². The van der Waals surface area contributed by atoms with Crippen molar-refractivity contribution in [3.05, 3.63) is 95.8 Å². The largest absolute Gasteiger partial charge is 0.326 e. The predicted molar refractivity (Wildman–Crippen MR) is 131 cm³/mol. The summed E-state index contributed by atoms with van der Waals surface area (Å²) in [6.07, 6.45) is 1.30. The Labute approximate surface area is 202 Å². The molecule has 34 heavy (non-hydrogen) atoms. The van der Waals surface area contributed by atoms with E-state index in [9.17, 15) is 14.4 Å². The number of amides is 3. The number of hydrogen-bond acceptors (Lipinski definition) is 5. The average molecular weight is 474 g/mol. The minimum atomic E-state index is -0.992. The number of carbonyl (C=O) groups excluding carboxylic acids is 3. The number of hydrogen-bond donors (Lipinski definition) is 2. The molecule has 9 heteroatoms. The highest BCUT2D eigenvalue weighted by atomic mass is 32.1. The molecule has 1 fully saturated rings. The minimum absolute atomic E-state index is 0.117. The number of rotatable bonds is 7. The van der Waals surface area contributed by atoms with Crippen LogP contribution in [-0.2, 0) is 16.1 Å². The van der Waals surface area contributed by atoms with E-state index in [4.69, 9.17) is 12.2 Å². The summed E-state index contributed by atoms with van der Waals surface area (Å²) < 4.78 is 0. The molecule has 0 aliphatic carbocycles. The Morgan fingerprint density at radius 2 is 1.79 bits per heavy atom. The van der Waals surface area contributed by atoms with Gasteiger partial charge in [-0.05, 0) is 54.5 Å². The van der Waals surface area contributed by atoms with Crippen molar-refractivity contribution in [2.24, 2.45) is 0 Å². The van der Waals surface area contributed by atoms with Crippen molar-refractivity contribution < 1.29 is 14.4 Å². The van der Waals surface area contributed by atoms with Crippen LogP contribution < -0.4 is 10.7 Å². The molecular weight excluding hydrogens is 450 g/mol. The van der Waals surface area contributed by atoms with Crippen LogP contribution in [0, 0.1) is 6.92 Å². The molecule has 2 heterocycles. The Kier molecular flexibility index (Phi) is 6.93. The quantitative estimate of drug-likeness (QED) is 0.512. The van der Waals surface area contributed by atoms with E-state index in [-0.39, 0.29) is 35.6 Å². The molecule has 2 aromatic carbocycles. The smallest absolute Gasteiger partial charge is 0.288 e. The lowest BCUT2D eigenvalue weighted by Crippen LogP contribution is -2.49. The summed E-state index contributed by atoms with van der Waals surface area (Å²) in [6, 6.07) is 20.7. The van der Waals surface area contributed by atoms with Gasteiger partial charge >= 0.3 is 0 Å². The van der Waals surface area contributed by atoms with Crippen LogP contribution >= 0.6 is 12.2 Å². The molecule has 8 nitrogen and oxygen atoms in total. The number of nitrogens with zero attached hydrogens (tertiary/aromatic N) is 3. The molecule has 172 valence electrons. The van der Waals surface area contributed by atoms with Crippen molar-refractivity contribution in [1.82, 2.24) is 20.3 Å². The van der Waals surface area contributed by atoms with Crippen LogP contribution in [0.1, 0.15) is 28.0 Å². The third-order valence-electron chi connectivity index (χ3n) is 5.28. The van der Waals surface area contributed by atoms with Gasteiger partial charge in [-0.25, -0.2) is 5.01 Å². The molecule has 1 unspecified atom stereocenters. The van der Waals surface area contributed by atoms with Crippen LogP contribution in [0.3, 0.4) is 0 Å². The zero-order valence-corrected chi connectivity index (χ0v) is 19.3. The second kappa shape index (κ2) is 10.2. The van der Waals surface area contributed by atoms with Crippen molar-refractivity contribution in [2.45, 2.75) is 25.9 Å². The average Bonchev–Trinajstić information content (AvgIpc) is 3.04. The third-order valence-corrected chi connectivity index (χ3v) is 5.70. The molecule has 1 saturated heterocycles. The molecule has 1 aliphatic heterocycles. The fourth-order valence-corrected chi connectivity index (χ4v) is 3.97. The third kappa shape index (κ3) is 5.26. The van der Waals surface area contributed by atoms with Gasteiger partial charge in [-0.3, -0.25) is 29.7 Å². The number of aryl methyl sites for hydroxylation is 1. The van der Waals surface area contributed by atoms with Gasteiger partial charge in [0.25, 0.3) is 11.8 Å². The number of carbonyl (C=O) groups is 3. The first-order valence-electron chi connectivity index (χ1n) is 10.7. The molecule has 0 bridgehead atoms. The summed E-state index contributed by atoms with van der Waals surface area (Å²) in [5.74, 6) is -1.26. The van der Waals surface area contributed by atoms with Crippen LogP contribution in [0.15, 0.2) is 79.0 Å². The van der Waals surface area contributed by atoms with Gasteiger partial charge in [-0.15, -0.1) is 0 Å². The second-order valence-electron chi connectivity index (χ2n) is 7.86. The van der Waals surface area contributed by atoms with Crippen molar-refractivity contribution in [3.8, 4) is 0 Å². The maximum absolute atomic E-state index is 13.3. The molecule has 3 aromatic rings. The van der Waals surface area contributed by atoms with E-state index in [1.807, 2.05) is 55.5 Å². The fourth-order valence-electron chi connectivity index (χ4n) is 3.64. The molecule has 3 amide bonds. The molecule has 1 atom stereocenters. The van der Waals surface area contributed by atoms with Gasteiger partial charge in [0, 0.05) is 11.9 Å². The first kappa shape index (κ1) is 23.1. The topological polar surface area (TPSA) is 94.6 Å². The summed E-state index contributed by atoms with van der Waals surface area (Å²) in [5, 5.41) is 4.21. The lowest BCUT2D eigenvalue weighted by Gasteiger charge is -2.24. The number of nitrogens with one attached hydrogen (secondary N) is 2. The van der Waals surface area contributed by atoms with Gasteiger partial charge in [-0.1, -0.05) is 48.5 Å². The van der Waals surface area contributed by atoms with E-state index >= 15 is 0 Å². The van der Waals surface area contributed by atoms with E-state index in [0.717, 1.165) is 11.1 Å². The second-order valence-corrected chi connectivity index (χ2v) is 8.22. The Hall–Kier alpha value is -4.11. The van der Waals surface area contributed by atoms with Crippen molar-refractivity contribution >= 4 is 40.7 Å². The molecule has 1 aliphatic rings. The van der Waals surface area contributed by atoms with E-state index in [1.54, 1.807) is 24.3 Å². The summed E-state index contributed by atoms with van der Waals surface area (Å²) in [7, 11) is 0. The zero-order chi connectivity index (χ0) is 24.1. The number of thiocarbonyl (C=S) groups is 1. The summed E-state index contributed by atoms with van der Waals surface area (Å²) in [4.78, 5) is 44.4. The standard InChI is InChI=1S/C25H23N5O3S/c1-17-8-7-11-19(14-17)27-22(31)15-21-24(33)29(16-18-9-3-2-4-10-18)25(34)30(21)28-23(32)20-12-5-6-13-26-20/h2-14,21H,15-16H2,1H3,(H,27,31)(H,28,32). The molecule has 4 rings (SSSR count). The lowest BCUT2D eigenvalue weighted by molar-refractivity contribution is -0.131. The van der Waals surface area contributed by atoms with Gasteiger partial charge in [0.05, 0.1) is 13.0 Å². The Morgan fingerprint density at radius 3 is 2.50 bits per heavy atom. The first-order valence-corrected chi connectivity index (χ1v) is 11.1. The SMILES string of the molecule is Cc1cccc(NC(=O)CC2C(=O)N(Cc3ccccc3)C(=S)N2NC(=O)c2ccccn2)c1. The maximum Gasteiger partial charge on any atom is 0.288 e. The molecule has 0 radical (unpaired) electrons. The fraction of sp³-hybridized carbons (Fsp3) is 0.160. The van der Waals surface area contributed by atoms with Crippen LogP contribution in [0.4, 0.5) is 5.69 Å². The number of pyridine rings is 1. The lowest BCUT2D eigenvalue weighted by atomic mass is 10.1. The van der Waals surface area contributed by atoms with E-state index in [1.165, 1.54) is 16.1 Å². The van der Waals surface area contributed by atoms with Crippen molar-refractivity contribution in [3.63, 3.8) is 0 Å². The number of benzene rings is 2. The van der Waals surface area contributed by atoms with Gasteiger partial charge in [0.1, 0.15) is 11.7 Å². The van der Waals surface area contributed by atoms with E-state index in [2.05, 4.69) is 15.7 Å². The Bertz CT molecular complexity index is 1220. The maximum atomic E-state index is 13.3. The zero-order valence-electron chi connectivity index (χ0n) is 18.5. The van der Waals surface area contributed by atoms with Crippen LogP contribution in [0.5, 0.6) is 0 Å². The Morgan fingerprint density at radius 1 is 1.03 bits per heavy atom. The number of aromatic nitrogens is 1. The van der Waals surface area contributed by atoms with Gasteiger partial charge in [0.2, 0.25) is 5.91 Å². The van der Waals surface area contributed by atoms with E-state index < -0.39 is 11.9 Å². The van der Waals surface area contributed by atoms with Crippen molar-refractivity contribution in [1.29, 1.82) is 0 Å². The minimum Gasteiger partial charge on any atom is -0.326 e. The van der Waals surface area contributed by atoms with Gasteiger partial charge < -0.3 is 5.32 Å². The predicted octanol–water partition coefficient (Wildman–Crippen LogP) is 3.06. The molecule has 0 saturated carbocycles. The Balaban J connectivity index is 1.55. The van der Waals surface area contributed by atoms with Gasteiger partial charge in [-0.2, -0.15) is 0 Å². The van der Waals surface area contributed by atoms with Crippen molar-refractivity contribution in [2.75, 3.05) is 5.32 Å². The van der Waals surface area contributed by atoms with Crippen LogP contribution in [0.2, 0.25) is 0 Å². The molecule has 2 N–H and O–H groups in total. The summed E-state index contributed by atoms with van der Waals surface area (Å²) >= 11 is 5.55. The highest BCUT2D eigenvalue weighted by Gasteiger charge is 2.44. The number of anilines is 1. The molecule has 0 spiro atoms. The summed E-state index contributed by atoms with van der Waals surface area (Å²) in [6.45, 7) is 2.15. The highest BCUT2D eigenvalue weighted by Crippen LogP contribution is 2.22. The normalized spacial score (nSPS) is 15.4. The monoisotopic (exact) mass is 473 g/mol. The summed E-state index contributed by atoms with van der Waals surface area (Å²) in [5.41, 5.74) is 5.33. The van der Waals surface area contributed by atoms with Crippen LogP contribution in [-0.4, -0.2) is 43.8 Å². The first-order chi connectivity index (χ1) is 16.4. The highest BCUT2D eigenvalue weighted by molar-refractivity contribution is 7.80.